The van der Waals surface area contributed by atoms with Gasteiger partial charge in [0, 0.05) is 35.8 Å². The van der Waals surface area contributed by atoms with Gasteiger partial charge in [-0.05, 0) is 44.9 Å². The summed E-state index contributed by atoms with van der Waals surface area (Å²) in [6.45, 7) is 4.16. The van der Waals surface area contributed by atoms with E-state index in [0.29, 0.717) is 16.0 Å². The summed E-state index contributed by atoms with van der Waals surface area (Å²) in [5.41, 5.74) is 0.776. The maximum Gasteiger partial charge on any atom is 0.154 e. The van der Waals surface area contributed by atoms with E-state index in [0.717, 1.165) is 42.4 Å². The minimum atomic E-state index is 0.218. The van der Waals surface area contributed by atoms with Gasteiger partial charge in [0.25, 0.3) is 0 Å². The number of aryl methyl sites for hydroxylation is 1. The molecule has 1 saturated carbocycles. The summed E-state index contributed by atoms with van der Waals surface area (Å²) in [6.07, 6.45) is 6.86. The van der Waals surface area contributed by atoms with Gasteiger partial charge in [-0.15, -0.1) is 0 Å². The third-order valence-corrected chi connectivity index (χ3v) is 5.14. The largest absolute Gasteiger partial charge is 0.332 e. The van der Waals surface area contributed by atoms with E-state index in [2.05, 4.69) is 16.5 Å². The summed E-state index contributed by atoms with van der Waals surface area (Å²) in [7, 11) is 0. The molecular weight excluding hydrogens is 357 g/mol. The molecule has 7 heteroatoms. The quantitative estimate of drug-likeness (QED) is 0.645. The van der Waals surface area contributed by atoms with Crippen molar-refractivity contribution >= 4 is 23.2 Å². The average Bonchev–Trinajstić information content (AvgIpc) is 3.21. The van der Waals surface area contributed by atoms with Crippen LogP contribution < -0.4 is 0 Å². The fourth-order valence-corrected chi connectivity index (χ4v) is 3.43. The lowest BCUT2D eigenvalue weighted by molar-refractivity contribution is 0.512. The first-order chi connectivity index (χ1) is 12.0. The van der Waals surface area contributed by atoms with Crippen molar-refractivity contribution in [2.45, 2.75) is 45.1 Å². The van der Waals surface area contributed by atoms with Crippen molar-refractivity contribution in [1.29, 1.82) is 0 Å². The second kappa shape index (κ2) is 6.46. The lowest BCUT2D eigenvalue weighted by atomic mass is 10.2. The standard InChI is InChI=1S/C18H19Cl2N5/c1-11(24-8-7-21-12(24)2)9-17-22-18(13-3-4-13)23-25(17)16-10-14(19)5-6-15(16)20/h5-8,10-11,13H,3-4,9H2,1-2H3/t11-/m1/s1. The molecule has 0 radical (unpaired) electrons. The molecule has 1 fully saturated rings. The Morgan fingerprint density at radius 2 is 2.08 bits per heavy atom. The Kier molecular flexibility index (Phi) is 4.29. The number of hydrogen-bond acceptors (Lipinski definition) is 3. The molecule has 0 aliphatic heterocycles. The molecule has 0 N–H and O–H groups in total. The molecule has 1 aliphatic rings. The second-order valence-electron chi connectivity index (χ2n) is 6.60. The van der Waals surface area contributed by atoms with Crippen LogP contribution >= 0.6 is 23.2 Å². The maximum atomic E-state index is 6.41. The van der Waals surface area contributed by atoms with E-state index in [1.54, 1.807) is 12.1 Å². The van der Waals surface area contributed by atoms with Crippen molar-refractivity contribution in [3.8, 4) is 5.69 Å². The van der Waals surface area contributed by atoms with Crippen molar-refractivity contribution < 1.29 is 0 Å². The van der Waals surface area contributed by atoms with Crippen LogP contribution in [0.2, 0.25) is 10.0 Å². The van der Waals surface area contributed by atoms with Gasteiger partial charge in [-0.2, -0.15) is 5.10 Å². The van der Waals surface area contributed by atoms with Crippen molar-refractivity contribution in [3.63, 3.8) is 0 Å². The SMILES string of the molecule is Cc1nccn1[C@H](C)Cc1nc(C2CC2)nn1-c1cc(Cl)ccc1Cl. The molecule has 1 aromatic carbocycles. The first kappa shape index (κ1) is 16.6. The van der Waals surface area contributed by atoms with Gasteiger partial charge in [0.15, 0.2) is 5.82 Å². The highest BCUT2D eigenvalue weighted by molar-refractivity contribution is 6.34. The van der Waals surface area contributed by atoms with Crippen molar-refractivity contribution in [2.24, 2.45) is 0 Å². The van der Waals surface area contributed by atoms with Gasteiger partial charge in [-0.25, -0.2) is 14.6 Å². The van der Waals surface area contributed by atoms with Gasteiger partial charge in [0.1, 0.15) is 11.6 Å². The molecule has 25 heavy (non-hydrogen) atoms. The number of rotatable bonds is 5. The van der Waals surface area contributed by atoms with Gasteiger partial charge in [-0.1, -0.05) is 23.2 Å². The Bertz CT molecular complexity index is 910. The molecule has 2 heterocycles. The first-order valence-electron chi connectivity index (χ1n) is 8.43. The Labute approximate surface area is 156 Å². The van der Waals surface area contributed by atoms with Crippen LogP contribution in [0.3, 0.4) is 0 Å². The lowest BCUT2D eigenvalue weighted by Crippen LogP contribution is -2.13. The smallest absolute Gasteiger partial charge is 0.154 e. The number of imidazole rings is 1. The summed E-state index contributed by atoms with van der Waals surface area (Å²) in [5.74, 6) is 3.26. The molecule has 0 saturated heterocycles. The van der Waals surface area contributed by atoms with E-state index in [9.17, 15) is 0 Å². The molecule has 1 aliphatic carbocycles. The predicted octanol–water partition coefficient (Wildman–Crippen LogP) is 4.76. The van der Waals surface area contributed by atoms with E-state index in [1.165, 1.54) is 0 Å². The summed E-state index contributed by atoms with van der Waals surface area (Å²) in [5, 5.41) is 5.99. The Morgan fingerprint density at radius 3 is 2.76 bits per heavy atom. The van der Waals surface area contributed by atoms with E-state index < -0.39 is 0 Å². The van der Waals surface area contributed by atoms with Crippen LogP contribution in [0, 0.1) is 6.92 Å². The highest BCUT2D eigenvalue weighted by atomic mass is 35.5. The van der Waals surface area contributed by atoms with E-state index in [1.807, 2.05) is 30.1 Å². The maximum absolute atomic E-state index is 6.41. The number of halogens is 2. The van der Waals surface area contributed by atoms with Crippen LogP contribution in [0.5, 0.6) is 0 Å². The molecule has 0 bridgehead atoms. The molecule has 0 spiro atoms. The molecular formula is C18H19Cl2N5. The summed E-state index contributed by atoms with van der Waals surface area (Å²) in [6, 6.07) is 5.63. The van der Waals surface area contributed by atoms with Crippen molar-refractivity contribution in [2.75, 3.05) is 0 Å². The highest BCUT2D eigenvalue weighted by Gasteiger charge is 2.30. The van der Waals surface area contributed by atoms with Crippen LogP contribution in [0.1, 0.15) is 49.2 Å². The molecule has 2 aromatic heterocycles. The minimum absolute atomic E-state index is 0.218. The van der Waals surface area contributed by atoms with Gasteiger partial charge < -0.3 is 4.57 Å². The Hall–Kier alpha value is -1.85. The summed E-state index contributed by atoms with van der Waals surface area (Å²) >= 11 is 12.6. The average molecular weight is 376 g/mol. The van der Waals surface area contributed by atoms with Crippen LogP contribution in [0.15, 0.2) is 30.6 Å². The molecule has 5 nitrogen and oxygen atoms in total. The lowest BCUT2D eigenvalue weighted by Gasteiger charge is -2.15. The molecule has 0 amide bonds. The predicted molar refractivity (Wildman–Crippen MR) is 98.7 cm³/mol. The summed E-state index contributed by atoms with van der Waals surface area (Å²) in [4.78, 5) is 9.13. The number of aromatic nitrogens is 5. The van der Waals surface area contributed by atoms with Crippen LogP contribution in [-0.4, -0.2) is 24.3 Å². The topological polar surface area (TPSA) is 48.5 Å². The highest BCUT2D eigenvalue weighted by Crippen LogP contribution is 2.39. The summed E-state index contributed by atoms with van der Waals surface area (Å²) < 4.78 is 4.00. The molecule has 4 rings (SSSR count). The third-order valence-electron chi connectivity index (χ3n) is 4.58. The number of hydrogen-bond donors (Lipinski definition) is 0. The zero-order valence-corrected chi connectivity index (χ0v) is 15.7. The van der Waals surface area contributed by atoms with Crippen molar-refractivity contribution in [1.82, 2.24) is 24.3 Å². The molecule has 3 aromatic rings. The minimum Gasteiger partial charge on any atom is -0.332 e. The van der Waals surface area contributed by atoms with Crippen LogP contribution in [0.25, 0.3) is 5.69 Å². The van der Waals surface area contributed by atoms with Gasteiger partial charge in [0.05, 0.1) is 10.7 Å². The molecule has 1 atom stereocenters. The van der Waals surface area contributed by atoms with Gasteiger partial charge in [0.2, 0.25) is 0 Å². The monoisotopic (exact) mass is 375 g/mol. The second-order valence-corrected chi connectivity index (χ2v) is 7.45. The van der Waals surface area contributed by atoms with E-state index in [4.69, 9.17) is 33.3 Å². The first-order valence-corrected chi connectivity index (χ1v) is 9.19. The normalized spacial score (nSPS) is 15.5. The Morgan fingerprint density at radius 1 is 1.28 bits per heavy atom. The zero-order chi connectivity index (χ0) is 17.6. The third kappa shape index (κ3) is 3.31. The van der Waals surface area contributed by atoms with Gasteiger partial charge in [-0.3, -0.25) is 0 Å². The Balaban J connectivity index is 1.73. The van der Waals surface area contributed by atoms with E-state index >= 15 is 0 Å². The number of nitrogens with zero attached hydrogens (tertiary/aromatic N) is 5. The van der Waals surface area contributed by atoms with Crippen molar-refractivity contribution in [3.05, 3.63) is 58.1 Å². The molecule has 130 valence electrons. The number of benzene rings is 1. The van der Waals surface area contributed by atoms with Gasteiger partial charge >= 0.3 is 0 Å². The van der Waals surface area contributed by atoms with Crippen LogP contribution in [-0.2, 0) is 6.42 Å². The zero-order valence-electron chi connectivity index (χ0n) is 14.2. The van der Waals surface area contributed by atoms with E-state index in [-0.39, 0.29) is 6.04 Å². The van der Waals surface area contributed by atoms with Crippen LogP contribution in [0.4, 0.5) is 0 Å². The molecule has 0 unspecified atom stereocenters. The fourth-order valence-electron chi connectivity index (χ4n) is 3.07. The fraction of sp³-hybridized carbons (Fsp3) is 0.389.